The molecule has 0 spiro atoms. The Balaban J connectivity index is 2.06. The van der Waals surface area contributed by atoms with Crippen LogP contribution in [0.5, 0.6) is 5.75 Å². The molecule has 2 aromatic rings. The normalized spacial score (nSPS) is 10.4. The van der Waals surface area contributed by atoms with E-state index in [0.29, 0.717) is 6.61 Å². The zero-order valence-electron chi connectivity index (χ0n) is 11.0. The van der Waals surface area contributed by atoms with Crippen LogP contribution in [0.25, 0.3) is 0 Å². The van der Waals surface area contributed by atoms with Crippen LogP contribution >= 0.6 is 23.1 Å². The fourth-order valence-corrected chi connectivity index (χ4v) is 3.16. The molecule has 0 aliphatic carbocycles. The second-order valence-electron chi connectivity index (χ2n) is 3.78. The Morgan fingerprint density at radius 3 is 2.89 bits per heavy atom. The van der Waals surface area contributed by atoms with Crippen LogP contribution < -0.4 is 10.1 Å². The van der Waals surface area contributed by atoms with Crippen molar-refractivity contribution in [1.82, 2.24) is 10.2 Å². The molecule has 0 atom stereocenters. The molecule has 2 rings (SSSR count). The first-order chi connectivity index (χ1) is 9.33. The number of ether oxygens (including phenoxy) is 1. The fraction of sp³-hybridized carbons (Fsp3) is 0.385. The van der Waals surface area contributed by atoms with Gasteiger partial charge < -0.3 is 10.1 Å². The summed E-state index contributed by atoms with van der Waals surface area (Å²) in [4.78, 5) is 0. The van der Waals surface area contributed by atoms with Crippen LogP contribution in [0.4, 0.5) is 10.8 Å². The Bertz CT molecular complexity index is 516. The van der Waals surface area contributed by atoms with E-state index in [1.165, 1.54) is 0 Å². The fourth-order valence-electron chi connectivity index (χ4n) is 1.47. The molecule has 0 aliphatic heterocycles. The van der Waals surface area contributed by atoms with Crippen LogP contribution in [-0.2, 0) is 0 Å². The third kappa shape index (κ3) is 4.11. The predicted octanol–water partition coefficient (Wildman–Crippen LogP) is 4.18. The SMILES string of the molecule is CCCSc1nnc(Nc2ccccc2OCC)s1. The van der Waals surface area contributed by atoms with Crippen LogP contribution in [-0.4, -0.2) is 22.6 Å². The van der Waals surface area contributed by atoms with Crippen molar-refractivity contribution in [3.05, 3.63) is 24.3 Å². The van der Waals surface area contributed by atoms with E-state index in [4.69, 9.17) is 4.74 Å². The van der Waals surface area contributed by atoms with E-state index in [0.717, 1.165) is 33.1 Å². The third-order valence-electron chi connectivity index (χ3n) is 2.26. The van der Waals surface area contributed by atoms with Crippen LogP contribution in [0.1, 0.15) is 20.3 Å². The number of anilines is 2. The number of benzene rings is 1. The number of rotatable bonds is 7. The standard InChI is InChI=1S/C13H17N3OS2/c1-3-9-18-13-16-15-12(19-13)14-10-7-5-6-8-11(10)17-4-2/h5-8H,3-4,9H2,1-2H3,(H,14,15). The molecule has 0 fully saturated rings. The molecule has 102 valence electrons. The minimum atomic E-state index is 0.645. The van der Waals surface area contributed by atoms with Crippen molar-refractivity contribution in [3.63, 3.8) is 0 Å². The van der Waals surface area contributed by atoms with Gasteiger partial charge in [0.1, 0.15) is 5.75 Å². The highest BCUT2D eigenvalue weighted by Crippen LogP contribution is 2.31. The first kappa shape index (κ1) is 14.1. The molecule has 0 radical (unpaired) electrons. The van der Waals surface area contributed by atoms with Gasteiger partial charge in [-0.25, -0.2) is 0 Å². The molecule has 19 heavy (non-hydrogen) atoms. The molecule has 1 heterocycles. The summed E-state index contributed by atoms with van der Waals surface area (Å²) in [5, 5.41) is 12.4. The van der Waals surface area contributed by atoms with E-state index in [9.17, 15) is 0 Å². The van der Waals surface area contributed by atoms with Gasteiger partial charge in [0.2, 0.25) is 5.13 Å². The van der Waals surface area contributed by atoms with E-state index in [2.05, 4.69) is 22.4 Å². The van der Waals surface area contributed by atoms with Crippen LogP contribution in [0.15, 0.2) is 28.6 Å². The Hall–Kier alpha value is -1.27. The largest absolute Gasteiger partial charge is 0.492 e. The zero-order valence-corrected chi connectivity index (χ0v) is 12.7. The Morgan fingerprint density at radius 1 is 1.26 bits per heavy atom. The van der Waals surface area contributed by atoms with Gasteiger partial charge in [-0.15, -0.1) is 10.2 Å². The summed E-state index contributed by atoms with van der Waals surface area (Å²) < 4.78 is 6.57. The lowest BCUT2D eigenvalue weighted by Crippen LogP contribution is -1.97. The maximum Gasteiger partial charge on any atom is 0.210 e. The average molecular weight is 295 g/mol. The molecule has 0 saturated heterocycles. The summed E-state index contributed by atoms with van der Waals surface area (Å²) in [5.74, 6) is 1.91. The van der Waals surface area contributed by atoms with Gasteiger partial charge in [0.25, 0.3) is 0 Å². The maximum atomic E-state index is 5.57. The van der Waals surface area contributed by atoms with Crippen molar-refractivity contribution < 1.29 is 4.74 Å². The van der Waals surface area contributed by atoms with Crippen molar-refractivity contribution in [2.24, 2.45) is 0 Å². The number of hydrogen-bond acceptors (Lipinski definition) is 6. The highest BCUT2D eigenvalue weighted by molar-refractivity contribution is 8.01. The molecule has 1 N–H and O–H groups in total. The quantitative estimate of drug-likeness (QED) is 0.776. The molecule has 0 bridgehead atoms. The van der Waals surface area contributed by atoms with E-state index >= 15 is 0 Å². The monoisotopic (exact) mass is 295 g/mol. The van der Waals surface area contributed by atoms with Crippen LogP contribution in [0.3, 0.4) is 0 Å². The second kappa shape index (κ2) is 7.35. The van der Waals surface area contributed by atoms with Crippen LogP contribution in [0, 0.1) is 0 Å². The lowest BCUT2D eigenvalue weighted by Gasteiger charge is -2.09. The highest BCUT2D eigenvalue weighted by Gasteiger charge is 2.07. The Labute approximate surface area is 121 Å². The topological polar surface area (TPSA) is 47.0 Å². The van der Waals surface area contributed by atoms with E-state index in [-0.39, 0.29) is 0 Å². The number of nitrogens with zero attached hydrogens (tertiary/aromatic N) is 2. The molecule has 6 heteroatoms. The number of thioether (sulfide) groups is 1. The first-order valence-electron chi connectivity index (χ1n) is 6.28. The molecule has 0 unspecified atom stereocenters. The van der Waals surface area contributed by atoms with E-state index in [1.807, 2.05) is 31.2 Å². The summed E-state index contributed by atoms with van der Waals surface area (Å²) in [7, 11) is 0. The molecule has 0 amide bonds. The zero-order chi connectivity index (χ0) is 13.5. The van der Waals surface area contributed by atoms with Crippen molar-refractivity contribution in [3.8, 4) is 5.75 Å². The number of aromatic nitrogens is 2. The summed E-state index contributed by atoms with van der Waals surface area (Å²) in [6.07, 6.45) is 1.14. The lowest BCUT2D eigenvalue weighted by atomic mass is 10.3. The smallest absolute Gasteiger partial charge is 0.210 e. The molecule has 4 nitrogen and oxygen atoms in total. The second-order valence-corrected chi connectivity index (χ2v) is 6.10. The minimum Gasteiger partial charge on any atom is -0.492 e. The van der Waals surface area contributed by atoms with Crippen molar-refractivity contribution >= 4 is 33.9 Å². The lowest BCUT2D eigenvalue weighted by molar-refractivity contribution is 0.342. The molecule has 1 aromatic carbocycles. The summed E-state index contributed by atoms with van der Waals surface area (Å²) in [6, 6.07) is 7.85. The summed E-state index contributed by atoms with van der Waals surface area (Å²) >= 11 is 3.31. The average Bonchev–Trinajstić information content (AvgIpc) is 2.87. The molecule has 0 aliphatic rings. The van der Waals surface area contributed by atoms with Gasteiger partial charge in [0, 0.05) is 5.75 Å². The van der Waals surface area contributed by atoms with Crippen molar-refractivity contribution in [2.45, 2.75) is 24.6 Å². The predicted molar refractivity (Wildman–Crippen MR) is 81.8 cm³/mol. The number of hydrogen-bond donors (Lipinski definition) is 1. The molecule has 0 saturated carbocycles. The van der Waals surface area contributed by atoms with Gasteiger partial charge >= 0.3 is 0 Å². The van der Waals surface area contributed by atoms with Gasteiger partial charge in [0.05, 0.1) is 12.3 Å². The number of para-hydroxylation sites is 2. The minimum absolute atomic E-state index is 0.645. The van der Waals surface area contributed by atoms with Crippen LogP contribution in [0.2, 0.25) is 0 Å². The summed E-state index contributed by atoms with van der Waals surface area (Å²) in [5.41, 5.74) is 0.924. The molecule has 1 aromatic heterocycles. The highest BCUT2D eigenvalue weighted by atomic mass is 32.2. The molecular formula is C13H17N3OS2. The van der Waals surface area contributed by atoms with Gasteiger partial charge in [-0.05, 0) is 25.5 Å². The van der Waals surface area contributed by atoms with Gasteiger partial charge in [-0.1, -0.05) is 42.2 Å². The Morgan fingerprint density at radius 2 is 2.11 bits per heavy atom. The summed E-state index contributed by atoms with van der Waals surface area (Å²) in [6.45, 7) is 4.78. The third-order valence-corrected chi connectivity index (χ3v) is 4.44. The van der Waals surface area contributed by atoms with Gasteiger partial charge in [-0.2, -0.15) is 0 Å². The Kier molecular flexibility index (Phi) is 5.47. The van der Waals surface area contributed by atoms with Gasteiger partial charge in [0.15, 0.2) is 4.34 Å². The van der Waals surface area contributed by atoms with E-state index < -0.39 is 0 Å². The van der Waals surface area contributed by atoms with Gasteiger partial charge in [-0.3, -0.25) is 0 Å². The van der Waals surface area contributed by atoms with Crippen molar-refractivity contribution in [1.29, 1.82) is 0 Å². The maximum absolute atomic E-state index is 5.57. The van der Waals surface area contributed by atoms with Crippen molar-refractivity contribution in [2.75, 3.05) is 17.7 Å². The van der Waals surface area contributed by atoms with E-state index in [1.54, 1.807) is 23.1 Å². The molecular weight excluding hydrogens is 278 g/mol. The first-order valence-corrected chi connectivity index (χ1v) is 8.08. The number of nitrogens with one attached hydrogen (secondary N) is 1.